The summed E-state index contributed by atoms with van der Waals surface area (Å²) in [4.78, 5) is 69.9. The van der Waals surface area contributed by atoms with E-state index in [4.69, 9.17) is 38.5 Å². The Kier molecular flexibility index (Phi) is 41.5. The minimum absolute atomic E-state index is 0.161. The maximum atomic E-state index is 14.0. The van der Waals surface area contributed by atoms with Gasteiger partial charge in [-0.25, -0.2) is 9.13 Å². The number of aliphatic hydroxyl groups excluding tert-OH is 5. The molecule has 2 aliphatic heterocycles. The van der Waals surface area contributed by atoms with E-state index in [9.17, 15) is 63.7 Å². The summed E-state index contributed by atoms with van der Waals surface area (Å²) in [6.07, 6.45) is 12.3. The summed E-state index contributed by atoms with van der Waals surface area (Å²) in [5.41, 5.74) is 5.20. The SMILES string of the molecule is CCCCCCCCCCCC(=O)O[C@H](CCCCCCCCCCC)CC(=O)NC1C(OCC2OC(OCCOP(=O)(O)OCN)C(NC(=O)CC(O)CCCCCCCCCCC)C(O)C2O)OC(CO)C(OP(=O)(O)O)C1O. The van der Waals surface area contributed by atoms with Crippen molar-refractivity contribution in [3.63, 3.8) is 0 Å². The highest BCUT2D eigenvalue weighted by Gasteiger charge is 2.51. The summed E-state index contributed by atoms with van der Waals surface area (Å²) in [6, 6.07) is -3.20. The van der Waals surface area contributed by atoms with E-state index in [1.54, 1.807) is 0 Å². The molecule has 24 nitrogen and oxygen atoms in total. The van der Waals surface area contributed by atoms with Crippen molar-refractivity contribution in [3.05, 3.63) is 0 Å². The van der Waals surface area contributed by atoms with Crippen molar-refractivity contribution in [1.82, 2.24) is 10.6 Å². The van der Waals surface area contributed by atoms with Crippen LogP contribution in [0.25, 0.3) is 0 Å². The maximum absolute atomic E-state index is 14.0. The summed E-state index contributed by atoms with van der Waals surface area (Å²) >= 11 is 0. The first-order valence-corrected chi connectivity index (χ1v) is 33.5. The average molecular weight is 1210 g/mol. The Bertz CT molecular complexity index is 1740. The van der Waals surface area contributed by atoms with Crippen molar-refractivity contribution in [2.75, 3.05) is 33.2 Å². The second-order valence-electron chi connectivity index (χ2n) is 21.8. The van der Waals surface area contributed by atoms with Crippen LogP contribution in [0.2, 0.25) is 0 Å². The lowest BCUT2D eigenvalue weighted by Crippen LogP contribution is -2.67. The van der Waals surface area contributed by atoms with Gasteiger partial charge >= 0.3 is 21.6 Å². The van der Waals surface area contributed by atoms with Crippen LogP contribution in [0.5, 0.6) is 0 Å². The van der Waals surface area contributed by atoms with E-state index in [1.807, 2.05) is 0 Å². The van der Waals surface area contributed by atoms with Gasteiger partial charge in [-0.3, -0.25) is 28.0 Å². The Morgan fingerprint density at radius 2 is 1.02 bits per heavy atom. The molecule has 2 saturated heterocycles. The van der Waals surface area contributed by atoms with Crippen LogP contribution >= 0.6 is 15.6 Å². The van der Waals surface area contributed by atoms with Crippen LogP contribution in [0.4, 0.5) is 0 Å². The molecule has 12 unspecified atom stereocenters. The molecule has 2 fully saturated rings. The number of amides is 2. The molecule has 2 rings (SSSR count). The third-order valence-electron chi connectivity index (χ3n) is 14.6. The van der Waals surface area contributed by atoms with E-state index >= 15 is 0 Å². The molecule has 0 aliphatic carbocycles. The van der Waals surface area contributed by atoms with Gasteiger partial charge in [-0.1, -0.05) is 181 Å². The minimum Gasteiger partial charge on any atom is -0.462 e. The van der Waals surface area contributed by atoms with E-state index in [-0.39, 0.29) is 19.3 Å². The topological polar surface area (TPSA) is 371 Å². The zero-order valence-corrected chi connectivity index (χ0v) is 50.7. The highest BCUT2D eigenvalue weighted by molar-refractivity contribution is 7.47. The number of esters is 1. The number of hydrogen-bond donors (Lipinski definition) is 11. The van der Waals surface area contributed by atoms with Crippen molar-refractivity contribution in [3.8, 4) is 0 Å². The highest BCUT2D eigenvalue weighted by atomic mass is 31.2. The van der Waals surface area contributed by atoms with Gasteiger partial charge in [0.2, 0.25) is 11.8 Å². The molecule has 12 N–H and O–H groups in total. The first-order chi connectivity index (χ1) is 38.8. The number of aliphatic hydroxyl groups is 5. The van der Waals surface area contributed by atoms with Gasteiger partial charge in [-0.2, -0.15) is 0 Å². The summed E-state index contributed by atoms with van der Waals surface area (Å²) in [6.45, 7) is 3.08. The van der Waals surface area contributed by atoms with Crippen molar-refractivity contribution in [1.29, 1.82) is 0 Å². The van der Waals surface area contributed by atoms with Crippen LogP contribution in [0.15, 0.2) is 0 Å². The van der Waals surface area contributed by atoms with E-state index in [0.717, 1.165) is 89.9 Å². The molecule has 26 heteroatoms. The molecular formula is C55H107N3O21P2. The largest absolute Gasteiger partial charge is 0.473 e. The number of unbranched alkanes of at least 4 members (excludes halogenated alkanes) is 24. The molecule has 2 amide bonds. The van der Waals surface area contributed by atoms with Crippen LogP contribution in [-0.4, -0.2) is 165 Å². The number of phosphoric acid groups is 2. The lowest BCUT2D eigenvalue weighted by Gasteiger charge is -2.45. The first-order valence-electron chi connectivity index (χ1n) is 30.5. The van der Waals surface area contributed by atoms with E-state index in [2.05, 4.69) is 35.9 Å². The summed E-state index contributed by atoms with van der Waals surface area (Å²) in [5.74, 6) is -1.95. The first kappa shape index (κ1) is 75.3. The van der Waals surface area contributed by atoms with Crippen LogP contribution in [-0.2, 0) is 60.8 Å². The molecular weight excluding hydrogens is 1100 g/mol. The zero-order chi connectivity index (χ0) is 59.9. The summed E-state index contributed by atoms with van der Waals surface area (Å²) in [7, 11) is -9.96. The van der Waals surface area contributed by atoms with Crippen LogP contribution in [0, 0.1) is 0 Å². The normalized spacial score (nSPS) is 24.8. The van der Waals surface area contributed by atoms with Gasteiger partial charge < -0.3 is 80.3 Å². The molecule has 2 heterocycles. The average Bonchev–Trinajstić information content (AvgIpc) is 3.55. The molecule has 478 valence electrons. The van der Waals surface area contributed by atoms with Gasteiger partial charge in [0.05, 0.1) is 45.4 Å². The number of nitrogens with one attached hydrogen (secondary N) is 2. The fourth-order valence-corrected chi connectivity index (χ4v) is 11.2. The van der Waals surface area contributed by atoms with Gasteiger partial charge in [0.25, 0.3) is 0 Å². The fraction of sp³-hybridized carbons (Fsp3) is 0.945. The minimum atomic E-state index is -5.37. The Balaban J connectivity index is 2.27. The quantitative estimate of drug-likeness (QED) is 0.0128. The molecule has 2 aliphatic rings. The summed E-state index contributed by atoms with van der Waals surface area (Å²) < 4.78 is 67.9. The van der Waals surface area contributed by atoms with Gasteiger partial charge in [0, 0.05) is 6.42 Å². The monoisotopic (exact) mass is 1210 g/mol. The molecule has 13 atom stereocenters. The number of hydrogen-bond acceptors (Lipinski definition) is 19. The Morgan fingerprint density at radius 1 is 0.568 bits per heavy atom. The molecule has 0 radical (unpaired) electrons. The number of carbonyl (C=O) groups is 3. The van der Waals surface area contributed by atoms with E-state index in [1.165, 1.54) is 64.2 Å². The van der Waals surface area contributed by atoms with Crippen molar-refractivity contribution in [2.45, 2.75) is 300 Å². The van der Waals surface area contributed by atoms with E-state index < -0.39 is 140 Å². The molecule has 0 bridgehead atoms. The summed E-state index contributed by atoms with van der Waals surface area (Å²) in [5, 5.41) is 60.8. The number of phosphoric ester groups is 2. The van der Waals surface area contributed by atoms with Crippen LogP contribution in [0.3, 0.4) is 0 Å². The Labute approximate surface area is 482 Å². The Hall–Kier alpha value is -1.77. The maximum Gasteiger partial charge on any atom is 0.473 e. The van der Waals surface area contributed by atoms with Crippen LogP contribution < -0.4 is 16.4 Å². The predicted octanol–water partition coefficient (Wildman–Crippen LogP) is 6.86. The number of nitrogens with two attached hydrogens (primary N) is 1. The second kappa shape index (κ2) is 44.6. The Morgan fingerprint density at radius 3 is 1.53 bits per heavy atom. The smallest absolute Gasteiger partial charge is 0.462 e. The highest BCUT2D eigenvalue weighted by Crippen LogP contribution is 2.43. The molecule has 0 spiro atoms. The zero-order valence-electron chi connectivity index (χ0n) is 48.9. The third-order valence-corrected chi connectivity index (χ3v) is 16.1. The molecule has 0 saturated carbocycles. The molecule has 0 aromatic heterocycles. The standard InChI is InChI=1S/C55H107N3O21P2/c1-4-7-10-13-16-19-22-25-28-31-41(60)36-45(61)57-48-51(65)50(64)44(78-54(48)72-34-35-74-81(70,71)75-40-56)39-73-55-49(52(66)53(43(38-59)77-55)79-80(67,68)69)58-46(62)37-42(32-29-26-23-20-17-14-11-8-5-2)76-47(63)33-30-27-24-21-18-15-12-9-6-3/h41-44,48-55,59-60,64-66H,4-40,56H2,1-3H3,(H,57,61)(H,58,62)(H,70,71)(H2,67,68,69)/t41?,42-,43?,44?,48?,49?,50?,51?,52?,53?,54?,55?/m1/s1. The lowest BCUT2D eigenvalue weighted by atomic mass is 9.95. The molecule has 0 aromatic carbocycles. The van der Waals surface area contributed by atoms with Gasteiger partial charge in [-0.15, -0.1) is 0 Å². The van der Waals surface area contributed by atoms with Gasteiger partial charge in [0.15, 0.2) is 12.6 Å². The number of rotatable bonds is 50. The van der Waals surface area contributed by atoms with Crippen LogP contribution in [0.1, 0.15) is 226 Å². The fourth-order valence-electron chi connectivity index (χ4n) is 10.1. The van der Waals surface area contributed by atoms with Crippen molar-refractivity contribution in [2.24, 2.45) is 5.73 Å². The predicted molar refractivity (Wildman–Crippen MR) is 302 cm³/mol. The third kappa shape index (κ3) is 34.2. The number of carbonyl (C=O) groups excluding carboxylic acids is 3. The van der Waals surface area contributed by atoms with Gasteiger partial charge in [0.1, 0.15) is 61.5 Å². The van der Waals surface area contributed by atoms with Crippen molar-refractivity contribution >= 4 is 33.4 Å². The molecule has 81 heavy (non-hydrogen) atoms. The molecule has 0 aromatic rings. The van der Waals surface area contributed by atoms with E-state index in [0.29, 0.717) is 32.1 Å². The second-order valence-corrected chi connectivity index (χ2v) is 24.4. The van der Waals surface area contributed by atoms with Crippen molar-refractivity contribution < 1.29 is 101 Å². The van der Waals surface area contributed by atoms with Gasteiger partial charge in [-0.05, 0) is 25.7 Å². The lowest BCUT2D eigenvalue weighted by molar-refractivity contribution is -0.303. The number of ether oxygens (including phenoxy) is 5.